The van der Waals surface area contributed by atoms with Gasteiger partial charge < -0.3 is 9.64 Å². The number of carbonyl (C=O) groups is 1. The fourth-order valence-electron chi connectivity index (χ4n) is 4.13. The number of hydrogen-bond donors (Lipinski definition) is 0. The first-order valence-electron chi connectivity index (χ1n) is 11.1. The minimum Gasteiger partial charge on any atom is -0.376 e. The monoisotopic (exact) mass is 472 g/mol. The van der Waals surface area contributed by atoms with Crippen LogP contribution in [-0.4, -0.2) is 56.9 Å². The summed E-state index contributed by atoms with van der Waals surface area (Å²) in [4.78, 5) is 35.7. The number of anilines is 1. The molecule has 1 unspecified atom stereocenters. The highest BCUT2D eigenvalue weighted by Gasteiger charge is 2.35. The molecule has 2 aliphatic rings. The normalized spacial score (nSPS) is 20.2. The third-order valence-electron chi connectivity index (χ3n) is 5.80. The van der Waals surface area contributed by atoms with Crippen LogP contribution in [0.3, 0.4) is 0 Å². The Balaban J connectivity index is 1.79. The molecule has 4 heterocycles. The minimum atomic E-state index is -0.187. The highest BCUT2D eigenvalue weighted by molar-refractivity contribution is 8.26. The van der Waals surface area contributed by atoms with Crippen LogP contribution < -0.4 is 10.5 Å². The second-order valence-corrected chi connectivity index (χ2v) is 9.72. The van der Waals surface area contributed by atoms with Crippen LogP contribution in [-0.2, 0) is 9.53 Å². The van der Waals surface area contributed by atoms with E-state index in [-0.39, 0.29) is 17.6 Å². The molecule has 0 N–H and O–H groups in total. The standard InChI is InChI=1S/C23H28N4O3S2/c1-4-10-25(5-2)20-17(21(28)26-11-6-8-15(3)19(26)24-20)13-18-22(29)27(23(31)32-18)14-16-9-7-12-30-16/h6,8,11,13,16H,4-5,7,9-10,12,14H2,1-3H3/b18-13-. The molecule has 2 saturated heterocycles. The molecule has 0 aliphatic carbocycles. The molecule has 1 amide bonds. The van der Waals surface area contributed by atoms with E-state index in [1.807, 2.05) is 26.0 Å². The average molecular weight is 473 g/mol. The number of nitrogens with zero attached hydrogens (tertiary/aromatic N) is 4. The maximum atomic E-state index is 13.5. The van der Waals surface area contributed by atoms with Gasteiger partial charge in [-0.2, -0.15) is 0 Å². The Kier molecular flexibility index (Phi) is 6.97. The van der Waals surface area contributed by atoms with Crippen LogP contribution in [0.25, 0.3) is 11.7 Å². The quantitative estimate of drug-likeness (QED) is 0.450. The molecule has 2 aliphatic heterocycles. The van der Waals surface area contributed by atoms with Gasteiger partial charge in [-0.05, 0) is 50.8 Å². The zero-order valence-corrected chi connectivity index (χ0v) is 20.3. The summed E-state index contributed by atoms with van der Waals surface area (Å²) in [6.45, 7) is 8.74. The summed E-state index contributed by atoms with van der Waals surface area (Å²) in [6, 6.07) is 3.77. The molecule has 0 aromatic carbocycles. The predicted molar refractivity (Wildman–Crippen MR) is 133 cm³/mol. The van der Waals surface area contributed by atoms with Crippen LogP contribution in [0.5, 0.6) is 0 Å². The van der Waals surface area contributed by atoms with Crippen molar-refractivity contribution < 1.29 is 9.53 Å². The fraction of sp³-hybridized carbons (Fsp3) is 0.478. The lowest BCUT2D eigenvalue weighted by atomic mass is 10.2. The number of thioether (sulfide) groups is 1. The molecule has 0 radical (unpaired) electrons. The fourth-order valence-corrected chi connectivity index (χ4v) is 5.39. The smallest absolute Gasteiger partial charge is 0.267 e. The number of fused-ring (bicyclic) bond motifs is 1. The van der Waals surface area contributed by atoms with Gasteiger partial charge in [-0.1, -0.05) is 37.0 Å². The van der Waals surface area contributed by atoms with Gasteiger partial charge in [0.1, 0.15) is 15.8 Å². The largest absolute Gasteiger partial charge is 0.376 e. The van der Waals surface area contributed by atoms with Gasteiger partial charge >= 0.3 is 0 Å². The maximum Gasteiger partial charge on any atom is 0.267 e. The Hall–Kier alpha value is -2.23. The molecule has 0 spiro atoms. The Bertz CT molecular complexity index is 1140. The van der Waals surface area contributed by atoms with E-state index in [2.05, 4.69) is 11.8 Å². The summed E-state index contributed by atoms with van der Waals surface area (Å²) in [5.41, 5.74) is 1.78. The van der Waals surface area contributed by atoms with Gasteiger partial charge in [0.15, 0.2) is 0 Å². The zero-order valence-electron chi connectivity index (χ0n) is 18.7. The highest BCUT2D eigenvalue weighted by Crippen LogP contribution is 2.34. The Labute approximate surface area is 197 Å². The van der Waals surface area contributed by atoms with E-state index in [0.717, 1.165) is 38.0 Å². The minimum absolute atomic E-state index is 0.0171. The van der Waals surface area contributed by atoms with Crippen molar-refractivity contribution in [2.45, 2.75) is 46.1 Å². The molecule has 4 rings (SSSR count). The summed E-state index contributed by atoms with van der Waals surface area (Å²) in [5, 5.41) is 0. The van der Waals surface area contributed by atoms with E-state index >= 15 is 0 Å². The van der Waals surface area contributed by atoms with Crippen LogP contribution >= 0.6 is 24.0 Å². The number of rotatable bonds is 7. The Morgan fingerprint density at radius 2 is 2.19 bits per heavy atom. The number of ether oxygens (including phenoxy) is 1. The lowest BCUT2D eigenvalue weighted by molar-refractivity contribution is -0.123. The van der Waals surface area contributed by atoms with Crippen LogP contribution in [0.2, 0.25) is 0 Å². The van der Waals surface area contributed by atoms with Crippen LogP contribution in [0.4, 0.5) is 5.82 Å². The molecule has 2 fully saturated rings. The molecule has 0 saturated carbocycles. The van der Waals surface area contributed by atoms with Crippen LogP contribution in [0, 0.1) is 6.92 Å². The van der Waals surface area contributed by atoms with Crippen molar-refractivity contribution in [2.24, 2.45) is 0 Å². The first kappa shape index (κ1) is 22.9. The zero-order chi connectivity index (χ0) is 22.8. The van der Waals surface area contributed by atoms with Crippen molar-refractivity contribution in [3.63, 3.8) is 0 Å². The maximum absolute atomic E-state index is 13.5. The highest BCUT2D eigenvalue weighted by atomic mass is 32.2. The van der Waals surface area contributed by atoms with Crippen molar-refractivity contribution in [3.05, 3.63) is 44.7 Å². The van der Waals surface area contributed by atoms with Gasteiger partial charge in [-0.15, -0.1) is 0 Å². The number of pyridine rings is 1. The number of aromatic nitrogens is 2. The molecule has 2 aromatic rings. The van der Waals surface area contributed by atoms with Crippen molar-refractivity contribution in [1.82, 2.24) is 14.3 Å². The molecule has 32 heavy (non-hydrogen) atoms. The second kappa shape index (κ2) is 9.72. The lowest BCUT2D eigenvalue weighted by Gasteiger charge is -2.23. The first-order valence-corrected chi connectivity index (χ1v) is 12.3. The second-order valence-electron chi connectivity index (χ2n) is 8.05. The number of amides is 1. The number of aryl methyl sites for hydroxylation is 1. The van der Waals surface area contributed by atoms with Gasteiger partial charge in [0.25, 0.3) is 11.5 Å². The summed E-state index contributed by atoms with van der Waals surface area (Å²) < 4.78 is 7.74. The van der Waals surface area contributed by atoms with E-state index in [0.29, 0.717) is 39.3 Å². The van der Waals surface area contributed by atoms with Gasteiger partial charge in [-0.25, -0.2) is 4.98 Å². The SMILES string of the molecule is CCCN(CC)c1nc2c(C)cccn2c(=O)c1/C=C1\SC(=S)N(CC2CCCO2)C1=O. The Morgan fingerprint density at radius 1 is 1.38 bits per heavy atom. The van der Waals surface area contributed by atoms with Crippen molar-refractivity contribution in [2.75, 3.05) is 31.1 Å². The van der Waals surface area contributed by atoms with E-state index in [1.54, 1.807) is 21.6 Å². The van der Waals surface area contributed by atoms with E-state index in [1.165, 1.54) is 11.8 Å². The van der Waals surface area contributed by atoms with Gasteiger partial charge in [0, 0.05) is 25.9 Å². The summed E-state index contributed by atoms with van der Waals surface area (Å²) in [7, 11) is 0. The van der Waals surface area contributed by atoms with E-state index in [4.69, 9.17) is 21.9 Å². The van der Waals surface area contributed by atoms with Gasteiger partial charge in [0.05, 0.1) is 23.1 Å². The van der Waals surface area contributed by atoms with E-state index in [9.17, 15) is 9.59 Å². The number of thiocarbonyl (C=S) groups is 1. The first-order chi connectivity index (χ1) is 15.4. The molecular formula is C23H28N4O3S2. The third-order valence-corrected chi connectivity index (χ3v) is 7.18. The topological polar surface area (TPSA) is 67.2 Å². The van der Waals surface area contributed by atoms with Crippen LogP contribution in [0.15, 0.2) is 28.0 Å². The van der Waals surface area contributed by atoms with Gasteiger partial charge in [-0.3, -0.25) is 18.9 Å². The molecule has 0 bridgehead atoms. The predicted octanol–water partition coefficient (Wildman–Crippen LogP) is 3.62. The van der Waals surface area contributed by atoms with Crippen molar-refractivity contribution in [1.29, 1.82) is 0 Å². The molecular weight excluding hydrogens is 444 g/mol. The van der Waals surface area contributed by atoms with E-state index < -0.39 is 0 Å². The average Bonchev–Trinajstić information content (AvgIpc) is 3.38. The number of carbonyl (C=O) groups excluding carboxylic acids is 1. The van der Waals surface area contributed by atoms with Crippen molar-refractivity contribution in [3.8, 4) is 0 Å². The van der Waals surface area contributed by atoms with Crippen LogP contribution in [0.1, 0.15) is 44.2 Å². The van der Waals surface area contributed by atoms with Gasteiger partial charge in [0.2, 0.25) is 0 Å². The lowest BCUT2D eigenvalue weighted by Crippen LogP contribution is -2.35. The molecule has 2 aromatic heterocycles. The summed E-state index contributed by atoms with van der Waals surface area (Å²) in [5.74, 6) is 0.437. The molecule has 9 heteroatoms. The number of hydrogen-bond acceptors (Lipinski definition) is 7. The summed E-state index contributed by atoms with van der Waals surface area (Å²) >= 11 is 6.72. The Morgan fingerprint density at radius 3 is 2.88 bits per heavy atom. The molecule has 170 valence electrons. The third kappa shape index (κ3) is 4.33. The summed E-state index contributed by atoms with van der Waals surface area (Å²) in [6.07, 6.45) is 6.26. The van der Waals surface area contributed by atoms with Crippen molar-refractivity contribution >= 4 is 51.7 Å². The molecule has 7 nitrogen and oxygen atoms in total. The molecule has 1 atom stereocenters.